The molecule has 0 atom stereocenters. The Hall–Kier alpha value is -2.99. The van der Waals surface area contributed by atoms with E-state index < -0.39 is 0 Å². The number of para-hydroxylation sites is 2. The summed E-state index contributed by atoms with van der Waals surface area (Å²) in [5.74, 6) is -0.145. The number of nitrogens with zero attached hydrogens (tertiary/aromatic N) is 3. The summed E-state index contributed by atoms with van der Waals surface area (Å²) >= 11 is 1.53. The van der Waals surface area contributed by atoms with Crippen LogP contribution in [0.25, 0.3) is 10.9 Å². The molecule has 118 valence electrons. The van der Waals surface area contributed by atoms with Crippen LogP contribution >= 0.6 is 11.3 Å². The van der Waals surface area contributed by atoms with Crippen molar-refractivity contribution in [3.8, 4) is 0 Å². The lowest BCUT2D eigenvalue weighted by molar-refractivity contribution is 0.0982. The predicted octanol–water partition coefficient (Wildman–Crippen LogP) is 3.87. The van der Waals surface area contributed by atoms with Gasteiger partial charge in [-0.15, -0.1) is 11.3 Å². The molecule has 24 heavy (non-hydrogen) atoms. The molecule has 4 aromatic rings. The second kappa shape index (κ2) is 6.25. The maximum Gasteiger partial charge on any atom is 0.279 e. The molecule has 6 heteroatoms. The topological polar surface area (TPSA) is 61.9 Å². The maximum atomic E-state index is 13.2. The van der Waals surface area contributed by atoms with Gasteiger partial charge in [0.15, 0.2) is 5.69 Å². The van der Waals surface area contributed by atoms with E-state index in [9.17, 15) is 4.79 Å². The van der Waals surface area contributed by atoms with Gasteiger partial charge in [0.05, 0.1) is 12.1 Å². The first kappa shape index (κ1) is 14.6. The SMILES string of the molecule is O=C(c1n[nH]c2ccccc12)N(Cc1nccs1)c1ccccc1. The van der Waals surface area contributed by atoms with Gasteiger partial charge in [-0.3, -0.25) is 9.89 Å². The van der Waals surface area contributed by atoms with E-state index in [-0.39, 0.29) is 5.91 Å². The number of fused-ring (bicyclic) bond motifs is 1. The smallest absolute Gasteiger partial charge is 0.279 e. The lowest BCUT2D eigenvalue weighted by Gasteiger charge is -2.21. The fourth-order valence-corrected chi connectivity index (χ4v) is 3.21. The van der Waals surface area contributed by atoms with Crippen LogP contribution in [0.1, 0.15) is 15.5 Å². The number of carbonyl (C=O) groups excluding carboxylic acids is 1. The van der Waals surface area contributed by atoms with Crippen molar-refractivity contribution in [1.82, 2.24) is 15.2 Å². The number of nitrogens with one attached hydrogen (secondary N) is 1. The zero-order chi connectivity index (χ0) is 16.4. The van der Waals surface area contributed by atoms with Crippen LogP contribution in [0.5, 0.6) is 0 Å². The number of thiazole rings is 1. The van der Waals surface area contributed by atoms with Gasteiger partial charge in [0.2, 0.25) is 0 Å². The van der Waals surface area contributed by atoms with E-state index in [0.717, 1.165) is 21.6 Å². The predicted molar refractivity (Wildman–Crippen MR) is 95.2 cm³/mol. The Labute approximate surface area is 142 Å². The Morgan fingerprint density at radius 1 is 1.08 bits per heavy atom. The molecule has 4 rings (SSSR count). The molecule has 1 N–H and O–H groups in total. The first-order valence-electron chi connectivity index (χ1n) is 7.51. The quantitative estimate of drug-likeness (QED) is 0.616. The monoisotopic (exact) mass is 334 g/mol. The minimum atomic E-state index is -0.145. The van der Waals surface area contributed by atoms with E-state index >= 15 is 0 Å². The van der Waals surface area contributed by atoms with Crippen LogP contribution < -0.4 is 4.90 Å². The number of carbonyl (C=O) groups is 1. The summed E-state index contributed by atoms with van der Waals surface area (Å²) in [7, 11) is 0. The van der Waals surface area contributed by atoms with Crippen molar-refractivity contribution in [1.29, 1.82) is 0 Å². The molecular weight excluding hydrogens is 320 g/mol. The highest BCUT2D eigenvalue weighted by atomic mass is 32.1. The second-order valence-electron chi connectivity index (χ2n) is 5.27. The lowest BCUT2D eigenvalue weighted by Crippen LogP contribution is -2.30. The standard InChI is InChI=1S/C18H14N4OS/c23-18(17-14-8-4-5-9-15(14)20-21-17)22(12-16-19-10-11-24-16)13-6-2-1-3-7-13/h1-11H,12H2,(H,20,21). The van der Waals surface area contributed by atoms with Crippen LogP contribution in [-0.2, 0) is 6.54 Å². The average Bonchev–Trinajstić information content (AvgIpc) is 3.29. The Bertz CT molecular complexity index is 963. The second-order valence-corrected chi connectivity index (χ2v) is 6.25. The molecule has 0 saturated heterocycles. The summed E-state index contributed by atoms with van der Waals surface area (Å²) in [6.45, 7) is 0.418. The third-order valence-corrected chi connectivity index (χ3v) is 4.53. The Kier molecular flexibility index (Phi) is 3.80. The number of amides is 1. The van der Waals surface area contributed by atoms with Crippen molar-refractivity contribution < 1.29 is 4.79 Å². The summed E-state index contributed by atoms with van der Waals surface area (Å²) in [6.07, 6.45) is 1.75. The molecule has 1 amide bonds. The zero-order valence-corrected chi connectivity index (χ0v) is 13.5. The van der Waals surface area contributed by atoms with Crippen molar-refractivity contribution in [2.45, 2.75) is 6.54 Å². The van der Waals surface area contributed by atoms with Gasteiger partial charge in [0.1, 0.15) is 5.01 Å². The first-order chi connectivity index (χ1) is 11.8. The first-order valence-corrected chi connectivity index (χ1v) is 8.39. The number of hydrogen-bond donors (Lipinski definition) is 1. The van der Waals surface area contributed by atoms with Gasteiger partial charge in [0.25, 0.3) is 5.91 Å². The number of H-pyrrole nitrogens is 1. The number of anilines is 1. The summed E-state index contributed by atoms with van der Waals surface area (Å²) in [5.41, 5.74) is 2.10. The Balaban J connectivity index is 1.76. The van der Waals surface area contributed by atoms with Gasteiger partial charge in [-0.2, -0.15) is 5.10 Å². The molecule has 0 radical (unpaired) electrons. The van der Waals surface area contributed by atoms with E-state index in [0.29, 0.717) is 12.2 Å². The van der Waals surface area contributed by atoms with Gasteiger partial charge >= 0.3 is 0 Å². The van der Waals surface area contributed by atoms with Gasteiger partial charge in [0, 0.05) is 22.7 Å². The largest absolute Gasteiger partial charge is 0.300 e. The van der Waals surface area contributed by atoms with Crippen molar-refractivity contribution in [3.05, 3.63) is 76.9 Å². The van der Waals surface area contributed by atoms with Gasteiger partial charge in [-0.1, -0.05) is 36.4 Å². The van der Waals surface area contributed by atoms with Crippen LogP contribution in [0.2, 0.25) is 0 Å². The molecule has 2 heterocycles. The number of aromatic nitrogens is 3. The summed E-state index contributed by atoms with van der Waals surface area (Å²) < 4.78 is 0. The summed E-state index contributed by atoms with van der Waals surface area (Å²) in [4.78, 5) is 19.2. The Morgan fingerprint density at radius 3 is 2.67 bits per heavy atom. The van der Waals surface area contributed by atoms with Crippen molar-refractivity contribution in [3.63, 3.8) is 0 Å². The van der Waals surface area contributed by atoms with Gasteiger partial charge in [-0.05, 0) is 18.2 Å². The molecule has 2 aromatic carbocycles. The van der Waals surface area contributed by atoms with E-state index in [4.69, 9.17) is 0 Å². The van der Waals surface area contributed by atoms with Gasteiger partial charge in [-0.25, -0.2) is 4.98 Å². The van der Waals surface area contributed by atoms with E-state index in [1.807, 2.05) is 60.0 Å². The third-order valence-electron chi connectivity index (χ3n) is 3.76. The highest BCUT2D eigenvalue weighted by Gasteiger charge is 2.23. The van der Waals surface area contributed by atoms with E-state index in [1.54, 1.807) is 11.1 Å². The molecule has 2 aromatic heterocycles. The highest BCUT2D eigenvalue weighted by molar-refractivity contribution is 7.09. The molecule has 0 saturated carbocycles. The minimum Gasteiger partial charge on any atom is -0.300 e. The number of rotatable bonds is 4. The summed E-state index contributed by atoms with van der Waals surface area (Å²) in [5, 5.41) is 10.8. The lowest BCUT2D eigenvalue weighted by atomic mass is 10.2. The van der Waals surface area contributed by atoms with Crippen LogP contribution in [0.15, 0.2) is 66.2 Å². The fraction of sp³-hybridized carbons (Fsp3) is 0.0556. The van der Waals surface area contributed by atoms with Gasteiger partial charge < -0.3 is 4.90 Å². The number of hydrogen-bond acceptors (Lipinski definition) is 4. The zero-order valence-electron chi connectivity index (χ0n) is 12.7. The molecule has 0 fully saturated rings. The minimum absolute atomic E-state index is 0.145. The van der Waals surface area contributed by atoms with Crippen LogP contribution in [0.4, 0.5) is 5.69 Å². The van der Waals surface area contributed by atoms with Crippen molar-refractivity contribution in [2.75, 3.05) is 4.90 Å². The maximum absolute atomic E-state index is 13.2. The molecule has 0 aliphatic carbocycles. The molecule has 5 nitrogen and oxygen atoms in total. The van der Waals surface area contributed by atoms with E-state index in [2.05, 4.69) is 15.2 Å². The number of benzene rings is 2. The van der Waals surface area contributed by atoms with E-state index in [1.165, 1.54) is 11.3 Å². The molecule has 0 bridgehead atoms. The fourth-order valence-electron chi connectivity index (χ4n) is 2.61. The average molecular weight is 334 g/mol. The molecular formula is C18H14N4OS. The molecule has 0 aliphatic heterocycles. The highest BCUT2D eigenvalue weighted by Crippen LogP contribution is 2.23. The Morgan fingerprint density at radius 2 is 1.88 bits per heavy atom. The van der Waals surface area contributed by atoms with Crippen LogP contribution in [0.3, 0.4) is 0 Å². The number of aromatic amines is 1. The molecule has 0 aliphatic rings. The van der Waals surface area contributed by atoms with Crippen LogP contribution in [-0.4, -0.2) is 21.1 Å². The summed E-state index contributed by atoms with van der Waals surface area (Å²) in [6, 6.07) is 17.2. The molecule has 0 unspecified atom stereocenters. The normalized spacial score (nSPS) is 10.8. The molecule has 0 spiro atoms. The van der Waals surface area contributed by atoms with Crippen molar-refractivity contribution in [2.24, 2.45) is 0 Å². The third kappa shape index (κ3) is 2.68. The van der Waals surface area contributed by atoms with Crippen LogP contribution in [0, 0.1) is 0 Å². The van der Waals surface area contributed by atoms with Crippen molar-refractivity contribution >= 4 is 33.8 Å².